The number of imidazole rings is 2. The Bertz CT molecular complexity index is 418. The molecule has 2 heterocycles. The van der Waals surface area contributed by atoms with Crippen LogP contribution in [0.5, 0.6) is 0 Å². The maximum absolute atomic E-state index is 4.32. The number of aromatic nitrogens is 4. The number of aryl methyl sites for hydroxylation is 2. The van der Waals surface area contributed by atoms with E-state index in [-0.39, 0.29) is 0 Å². The molecular formula is C12H19N5. The molecule has 0 unspecified atom stereocenters. The Balaban J connectivity index is 1.67. The van der Waals surface area contributed by atoms with Crippen LogP contribution in [0.4, 0.5) is 0 Å². The lowest BCUT2D eigenvalue weighted by Gasteiger charge is -2.03. The van der Waals surface area contributed by atoms with Crippen LogP contribution in [0, 0.1) is 0 Å². The maximum atomic E-state index is 4.32. The van der Waals surface area contributed by atoms with Gasteiger partial charge in [-0.05, 0) is 19.9 Å². The highest BCUT2D eigenvalue weighted by atomic mass is 15.0. The molecule has 1 N–H and O–H groups in total. The van der Waals surface area contributed by atoms with E-state index in [0.717, 1.165) is 38.2 Å². The molecule has 0 aliphatic rings. The quantitative estimate of drug-likeness (QED) is 0.733. The van der Waals surface area contributed by atoms with E-state index in [2.05, 4.69) is 30.6 Å². The summed E-state index contributed by atoms with van der Waals surface area (Å²) >= 11 is 0. The predicted molar refractivity (Wildman–Crippen MR) is 66.5 cm³/mol. The zero-order valence-corrected chi connectivity index (χ0v) is 10.2. The molecule has 0 fully saturated rings. The third kappa shape index (κ3) is 3.71. The van der Waals surface area contributed by atoms with Crippen molar-refractivity contribution in [2.45, 2.75) is 32.5 Å². The van der Waals surface area contributed by atoms with Crippen LogP contribution in [-0.2, 0) is 19.6 Å². The summed E-state index contributed by atoms with van der Waals surface area (Å²) in [5.41, 5.74) is 1.10. The normalized spacial score (nSPS) is 10.9. The fraction of sp³-hybridized carbons (Fsp3) is 0.500. The minimum Gasteiger partial charge on any atom is -0.337 e. The first-order valence-electron chi connectivity index (χ1n) is 5.99. The van der Waals surface area contributed by atoms with Crippen LogP contribution in [0.15, 0.2) is 31.2 Å². The molecule has 17 heavy (non-hydrogen) atoms. The molecule has 0 aliphatic carbocycles. The summed E-state index contributed by atoms with van der Waals surface area (Å²) in [4.78, 5) is 8.34. The zero-order chi connectivity index (χ0) is 11.9. The van der Waals surface area contributed by atoms with Crippen LogP contribution in [0.25, 0.3) is 0 Å². The van der Waals surface area contributed by atoms with Gasteiger partial charge in [0.05, 0.1) is 18.3 Å². The molecule has 0 atom stereocenters. The van der Waals surface area contributed by atoms with Crippen molar-refractivity contribution < 1.29 is 0 Å². The molecule has 0 saturated carbocycles. The van der Waals surface area contributed by atoms with Gasteiger partial charge in [0, 0.05) is 38.2 Å². The third-order valence-corrected chi connectivity index (χ3v) is 2.69. The summed E-state index contributed by atoms with van der Waals surface area (Å²) < 4.78 is 4.26. The van der Waals surface area contributed by atoms with Gasteiger partial charge in [0.2, 0.25) is 0 Å². The Kier molecular flexibility index (Phi) is 4.32. The lowest BCUT2D eigenvalue weighted by atomic mass is 10.3. The Morgan fingerprint density at radius 2 is 2.00 bits per heavy atom. The molecule has 0 spiro atoms. The van der Waals surface area contributed by atoms with E-state index in [9.17, 15) is 0 Å². The van der Waals surface area contributed by atoms with E-state index in [0.29, 0.717) is 0 Å². The van der Waals surface area contributed by atoms with Crippen LogP contribution in [-0.4, -0.2) is 26.1 Å². The molecule has 2 aromatic rings. The molecule has 92 valence electrons. The van der Waals surface area contributed by atoms with Crippen molar-refractivity contribution in [1.29, 1.82) is 0 Å². The molecule has 2 aromatic heterocycles. The van der Waals surface area contributed by atoms with Gasteiger partial charge in [0.1, 0.15) is 0 Å². The number of hydrogen-bond acceptors (Lipinski definition) is 3. The number of hydrogen-bond donors (Lipinski definition) is 1. The zero-order valence-electron chi connectivity index (χ0n) is 10.2. The van der Waals surface area contributed by atoms with Crippen LogP contribution in [0.2, 0.25) is 0 Å². The number of nitrogens with one attached hydrogen (secondary N) is 1. The summed E-state index contributed by atoms with van der Waals surface area (Å²) in [6, 6.07) is 0. The van der Waals surface area contributed by atoms with Gasteiger partial charge in [-0.3, -0.25) is 0 Å². The van der Waals surface area contributed by atoms with Gasteiger partial charge in [-0.15, -0.1) is 0 Å². The smallest absolute Gasteiger partial charge is 0.0949 e. The Labute approximate surface area is 102 Å². The highest BCUT2D eigenvalue weighted by molar-refractivity contribution is 4.95. The highest BCUT2D eigenvalue weighted by Crippen LogP contribution is 2.01. The van der Waals surface area contributed by atoms with Gasteiger partial charge in [-0.2, -0.15) is 0 Å². The molecular weight excluding hydrogens is 214 g/mol. The molecule has 5 nitrogen and oxygen atoms in total. The third-order valence-electron chi connectivity index (χ3n) is 2.69. The van der Waals surface area contributed by atoms with Crippen LogP contribution in [0.1, 0.15) is 18.5 Å². The number of rotatable bonds is 7. The topological polar surface area (TPSA) is 47.7 Å². The summed E-state index contributed by atoms with van der Waals surface area (Å²) in [6.07, 6.45) is 12.0. The fourth-order valence-corrected chi connectivity index (χ4v) is 1.81. The van der Waals surface area contributed by atoms with Gasteiger partial charge >= 0.3 is 0 Å². The summed E-state index contributed by atoms with van der Waals surface area (Å²) in [7, 11) is 1.93. The lowest BCUT2D eigenvalue weighted by Crippen LogP contribution is -2.05. The first-order valence-corrected chi connectivity index (χ1v) is 5.99. The van der Waals surface area contributed by atoms with Crippen molar-refractivity contribution in [3.63, 3.8) is 0 Å². The van der Waals surface area contributed by atoms with Crippen molar-refractivity contribution >= 4 is 0 Å². The van der Waals surface area contributed by atoms with Crippen molar-refractivity contribution in [2.24, 2.45) is 0 Å². The van der Waals surface area contributed by atoms with Gasteiger partial charge < -0.3 is 14.5 Å². The van der Waals surface area contributed by atoms with Crippen LogP contribution in [0.3, 0.4) is 0 Å². The second-order valence-electron chi connectivity index (χ2n) is 4.14. The van der Waals surface area contributed by atoms with E-state index in [1.807, 2.05) is 32.1 Å². The van der Waals surface area contributed by atoms with Crippen molar-refractivity contribution in [2.75, 3.05) is 7.05 Å². The molecule has 2 rings (SSSR count). The Morgan fingerprint density at radius 1 is 1.18 bits per heavy atom. The van der Waals surface area contributed by atoms with Gasteiger partial charge in [0.25, 0.3) is 0 Å². The van der Waals surface area contributed by atoms with E-state index in [1.165, 1.54) is 0 Å². The average Bonchev–Trinajstić information content (AvgIpc) is 2.96. The van der Waals surface area contributed by atoms with Gasteiger partial charge in [-0.1, -0.05) is 0 Å². The summed E-state index contributed by atoms with van der Waals surface area (Å²) in [5, 5.41) is 3.10. The summed E-state index contributed by atoms with van der Waals surface area (Å²) in [6.45, 7) is 2.91. The maximum Gasteiger partial charge on any atom is 0.0949 e. The highest BCUT2D eigenvalue weighted by Gasteiger charge is 1.97. The predicted octanol–water partition coefficient (Wildman–Crippen LogP) is 1.28. The van der Waals surface area contributed by atoms with Crippen molar-refractivity contribution in [3.05, 3.63) is 36.9 Å². The molecule has 0 amide bonds. The standard InChI is InChI=1S/C12H19N5/c1-13-8-12-9-17(11-15-12)6-3-2-5-16-7-4-14-10-16/h4,7,9-11,13H,2-3,5-6,8H2,1H3. The minimum atomic E-state index is 0.835. The second-order valence-corrected chi connectivity index (χ2v) is 4.14. The Morgan fingerprint density at radius 3 is 2.71 bits per heavy atom. The first kappa shape index (κ1) is 11.9. The number of unbranched alkanes of at least 4 members (excludes halogenated alkanes) is 1. The van der Waals surface area contributed by atoms with Gasteiger partial charge in [0.15, 0.2) is 0 Å². The van der Waals surface area contributed by atoms with Crippen LogP contribution < -0.4 is 5.32 Å². The second kappa shape index (κ2) is 6.20. The minimum absolute atomic E-state index is 0.835. The average molecular weight is 233 g/mol. The van der Waals surface area contributed by atoms with Gasteiger partial charge in [-0.25, -0.2) is 9.97 Å². The fourth-order valence-electron chi connectivity index (χ4n) is 1.81. The molecule has 0 aromatic carbocycles. The molecule has 0 saturated heterocycles. The first-order chi connectivity index (χ1) is 8.38. The van der Waals surface area contributed by atoms with E-state index < -0.39 is 0 Å². The van der Waals surface area contributed by atoms with E-state index in [1.54, 1.807) is 0 Å². The van der Waals surface area contributed by atoms with Crippen LogP contribution >= 0.6 is 0 Å². The monoisotopic (exact) mass is 233 g/mol. The Hall–Kier alpha value is -1.62. The van der Waals surface area contributed by atoms with E-state index in [4.69, 9.17) is 0 Å². The largest absolute Gasteiger partial charge is 0.337 e. The molecule has 0 bridgehead atoms. The summed E-state index contributed by atoms with van der Waals surface area (Å²) in [5.74, 6) is 0. The van der Waals surface area contributed by atoms with Crippen molar-refractivity contribution in [3.8, 4) is 0 Å². The molecule has 0 radical (unpaired) electrons. The lowest BCUT2D eigenvalue weighted by molar-refractivity contribution is 0.552. The SMILES string of the molecule is CNCc1cn(CCCCn2ccnc2)cn1. The van der Waals surface area contributed by atoms with E-state index >= 15 is 0 Å². The molecule has 0 aliphatic heterocycles. The molecule has 5 heteroatoms. The number of nitrogens with zero attached hydrogens (tertiary/aromatic N) is 4. The van der Waals surface area contributed by atoms with Crippen molar-refractivity contribution in [1.82, 2.24) is 24.4 Å².